The van der Waals surface area contributed by atoms with E-state index in [9.17, 15) is 18.4 Å². The summed E-state index contributed by atoms with van der Waals surface area (Å²) in [5, 5.41) is 6.87. The lowest BCUT2D eigenvalue weighted by molar-refractivity contribution is -0.116. The number of rotatable bonds is 4. The summed E-state index contributed by atoms with van der Waals surface area (Å²) < 4.78 is 29.6. The van der Waals surface area contributed by atoms with E-state index in [1.54, 1.807) is 16.9 Å². The summed E-state index contributed by atoms with van der Waals surface area (Å²) in [5.41, 5.74) is 2.26. The fourth-order valence-corrected chi connectivity index (χ4v) is 3.46. The van der Waals surface area contributed by atoms with Crippen LogP contribution in [-0.2, 0) is 24.2 Å². The number of hydrogen-bond donors (Lipinski definition) is 1. The minimum atomic E-state index is -0.840. The number of fused-ring (bicyclic) bond motifs is 3. The van der Waals surface area contributed by atoms with Crippen LogP contribution in [0.25, 0.3) is 5.52 Å². The lowest BCUT2D eigenvalue weighted by Crippen LogP contribution is -2.25. The minimum absolute atomic E-state index is 0.0107. The number of halogens is 2. The molecule has 0 bridgehead atoms. The van der Waals surface area contributed by atoms with Crippen molar-refractivity contribution in [3.05, 3.63) is 63.8 Å². The molecular formula is C19H18F2N4O2. The van der Waals surface area contributed by atoms with E-state index in [2.05, 4.69) is 10.4 Å². The zero-order chi connectivity index (χ0) is 19.0. The Morgan fingerprint density at radius 1 is 1.19 bits per heavy atom. The Morgan fingerprint density at radius 2 is 2.00 bits per heavy atom. The van der Waals surface area contributed by atoms with Crippen molar-refractivity contribution >= 4 is 17.1 Å². The molecule has 4 rings (SSSR count). The SMILES string of the molecule is O=C(CCn1ccn2nc3c(c2c1=O)CCCC3)Nc1ccc(F)cc1F. The number of hydrogen-bond acceptors (Lipinski definition) is 3. The Morgan fingerprint density at radius 3 is 2.81 bits per heavy atom. The monoisotopic (exact) mass is 372 g/mol. The van der Waals surface area contributed by atoms with Crippen molar-refractivity contribution in [3.8, 4) is 0 Å². The number of aromatic nitrogens is 3. The van der Waals surface area contributed by atoms with Crippen molar-refractivity contribution in [2.45, 2.75) is 38.6 Å². The molecule has 0 aliphatic heterocycles. The number of nitrogens with one attached hydrogen (secondary N) is 1. The van der Waals surface area contributed by atoms with Gasteiger partial charge in [0.2, 0.25) is 5.91 Å². The van der Waals surface area contributed by atoms with Gasteiger partial charge >= 0.3 is 0 Å². The highest BCUT2D eigenvalue weighted by atomic mass is 19.1. The van der Waals surface area contributed by atoms with Crippen LogP contribution in [0.1, 0.15) is 30.5 Å². The van der Waals surface area contributed by atoms with Crippen LogP contribution in [0, 0.1) is 11.6 Å². The minimum Gasteiger partial charge on any atom is -0.324 e. The maximum atomic E-state index is 13.6. The lowest BCUT2D eigenvalue weighted by Gasteiger charge is -2.10. The smallest absolute Gasteiger partial charge is 0.276 e. The maximum Gasteiger partial charge on any atom is 0.276 e. The van der Waals surface area contributed by atoms with Gasteiger partial charge in [0.25, 0.3) is 5.56 Å². The molecule has 27 heavy (non-hydrogen) atoms. The molecule has 1 N–H and O–H groups in total. The van der Waals surface area contributed by atoms with Crippen molar-refractivity contribution in [1.29, 1.82) is 0 Å². The zero-order valence-corrected chi connectivity index (χ0v) is 14.5. The van der Waals surface area contributed by atoms with Gasteiger partial charge in [-0.1, -0.05) is 0 Å². The molecule has 1 aromatic carbocycles. The number of nitrogens with zero attached hydrogens (tertiary/aromatic N) is 3. The van der Waals surface area contributed by atoms with Crippen LogP contribution in [0.2, 0.25) is 0 Å². The molecule has 3 aromatic rings. The van der Waals surface area contributed by atoms with Gasteiger partial charge in [0.1, 0.15) is 17.2 Å². The van der Waals surface area contributed by atoms with Crippen LogP contribution >= 0.6 is 0 Å². The number of anilines is 1. The van der Waals surface area contributed by atoms with Gasteiger partial charge in [-0.25, -0.2) is 13.3 Å². The first-order valence-corrected chi connectivity index (χ1v) is 8.87. The second-order valence-corrected chi connectivity index (χ2v) is 6.64. The summed E-state index contributed by atoms with van der Waals surface area (Å²) >= 11 is 0. The molecule has 1 amide bonds. The van der Waals surface area contributed by atoms with Gasteiger partial charge < -0.3 is 9.88 Å². The Bertz CT molecular complexity index is 1090. The molecule has 8 heteroatoms. The predicted molar refractivity (Wildman–Crippen MR) is 95.7 cm³/mol. The zero-order valence-electron chi connectivity index (χ0n) is 14.5. The van der Waals surface area contributed by atoms with E-state index in [4.69, 9.17) is 0 Å². The standard InChI is InChI=1S/C19H18F2N4O2/c20-12-5-6-16(14(21)11-12)22-17(26)7-8-24-9-10-25-18(19(24)27)13-3-1-2-4-15(13)23-25/h5-6,9-11H,1-4,7-8H2,(H,22,26). The van der Waals surface area contributed by atoms with E-state index < -0.39 is 17.5 Å². The molecule has 0 unspecified atom stereocenters. The van der Waals surface area contributed by atoms with E-state index in [1.807, 2.05) is 0 Å². The summed E-state index contributed by atoms with van der Waals surface area (Å²) in [4.78, 5) is 24.9. The van der Waals surface area contributed by atoms with Crippen LogP contribution in [-0.4, -0.2) is 20.1 Å². The maximum absolute atomic E-state index is 13.6. The Kier molecular flexibility index (Phi) is 4.47. The summed E-state index contributed by atoms with van der Waals surface area (Å²) in [6.45, 7) is 0.157. The topological polar surface area (TPSA) is 68.4 Å². The van der Waals surface area contributed by atoms with Gasteiger partial charge in [-0.05, 0) is 37.8 Å². The fourth-order valence-electron chi connectivity index (χ4n) is 3.46. The lowest BCUT2D eigenvalue weighted by atomic mass is 9.97. The van der Waals surface area contributed by atoms with Crippen molar-refractivity contribution < 1.29 is 13.6 Å². The number of amides is 1. The molecule has 0 radical (unpaired) electrons. The van der Waals surface area contributed by atoms with Gasteiger partial charge in [0.05, 0.1) is 11.4 Å². The highest BCUT2D eigenvalue weighted by Crippen LogP contribution is 2.22. The third-order valence-electron chi connectivity index (χ3n) is 4.82. The van der Waals surface area contributed by atoms with E-state index in [0.717, 1.165) is 43.0 Å². The predicted octanol–water partition coefficient (Wildman–Crippen LogP) is 2.68. The van der Waals surface area contributed by atoms with Crippen LogP contribution in [0.15, 0.2) is 35.4 Å². The molecule has 2 heterocycles. The van der Waals surface area contributed by atoms with Crippen molar-refractivity contribution in [2.24, 2.45) is 0 Å². The number of carbonyl (C=O) groups is 1. The summed E-state index contributed by atoms with van der Waals surface area (Å²) in [5.74, 6) is -2.01. The first-order chi connectivity index (χ1) is 13.0. The number of carbonyl (C=O) groups excluding carboxylic acids is 1. The average molecular weight is 372 g/mol. The van der Waals surface area contributed by atoms with Gasteiger partial charge in [-0.15, -0.1) is 0 Å². The second kappa shape index (κ2) is 6.94. The summed E-state index contributed by atoms with van der Waals surface area (Å²) in [6.07, 6.45) is 7.12. The average Bonchev–Trinajstić information content (AvgIpc) is 3.03. The van der Waals surface area contributed by atoms with Gasteiger partial charge in [-0.3, -0.25) is 9.59 Å². The highest BCUT2D eigenvalue weighted by molar-refractivity contribution is 5.90. The molecule has 140 valence electrons. The number of benzene rings is 1. The second-order valence-electron chi connectivity index (χ2n) is 6.64. The fraction of sp³-hybridized carbons (Fsp3) is 0.316. The first kappa shape index (κ1) is 17.4. The highest BCUT2D eigenvalue weighted by Gasteiger charge is 2.19. The van der Waals surface area contributed by atoms with Gasteiger partial charge in [0, 0.05) is 37.0 Å². The van der Waals surface area contributed by atoms with Crippen LogP contribution in [0.4, 0.5) is 14.5 Å². The van der Waals surface area contributed by atoms with Gasteiger partial charge in [0.15, 0.2) is 0 Å². The molecule has 0 saturated heterocycles. The van der Waals surface area contributed by atoms with E-state index >= 15 is 0 Å². The van der Waals surface area contributed by atoms with Crippen LogP contribution in [0.5, 0.6) is 0 Å². The third-order valence-corrected chi connectivity index (χ3v) is 4.82. The first-order valence-electron chi connectivity index (χ1n) is 8.87. The van der Waals surface area contributed by atoms with Crippen LogP contribution in [0.3, 0.4) is 0 Å². The molecule has 0 fully saturated rings. The molecular weight excluding hydrogens is 354 g/mol. The van der Waals surface area contributed by atoms with E-state index in [0.29, 0.717) is 11.6 Å². The Hall–Kier alpha value is -3.03. The number of aryl methyl sites for hydroxylation is 3. The largest absolute Gasteiger partial charge is 0.324 e. The molecule has 2 aromatic heterocycles. The molecule has 0 spiro atoms. The molecule has 6 nitrogen and oxygen atoms in total. The molecule has 0 saturated carbocycles. The van der Waals surface area contributed by atoms with E-state index in [1.165, 1.54) is 10.6 Å². The van der Waals surface area contributed by atoms with Gasteiger partial charge in [-0.2, -0.15) is 5.10 Å². The van der Waals surface area contributed by atoms with Crippen molar-refractivity contribution in [3.63, 3.8) is 0 Å². The van der Waals surface area contributed by atoms with Crippen molar-refractivity contribution in [1.82, 2.24) is 14.2 Å². The summed E-state index contributed by atoms with van der Waals surface area (Å²) in [7, 11) is 0. The van der Waals surface area contributed by atoms with Crippen molar-refractivity contribution in [2.75, 3.05) is 5.32 Å². The molecule has 1 aliphatic carbocycles. The van der Waals surface area contributed by atoms with E-state index in [-0.39, 0.29) is 24.2 Å². The third kappa shape index (κ3) is 3.34. The normalized spacial score (nSPS) is 13.6. The molecule has 1 aliphatic rings. The van der Waals surface area contributed by atoms with Crippen LogP contribution < -0.4 is 10.9 Å². The quantitative estimate of drug-likeness (QED) is 0.766. The Balaban J connectivity index is 1.51. The Labute approximate surface area is 153 Å². The summed E-state index contributed by atoms with van der Waals surface area (Å²) in [6, 6.07) is 2.94. The molecule has 0 atom stereocenters.